The van der Waals surface area contributed by atoms with E-state index in [1.165, 1.54) is 31.2 Å². The van der Waals surface area contributed by atoms with Gasteiger partial charge in [0.15, 0.2) is 0 Å². The summed E-state index contributed by atoms with van der Waals surface area (Å²) in [6.07, 6.45) is 8.58. The fraction of sp³-hybridized carbons (Fsp3) is 0.579. The van der Waals surface area contributed by atoms with Crippen LogP contribution in [0, 0.1) is 0 Å². The summed E-state index contributed by atoms with van der Waals surface area (Å²) in [5.74, 6) is 0. The lowest BCUT2D eigenvalue weighted by Crippen LogP contribution is -2.34. The van der Waals surface area contributed by atoms with Gasteiger partial charge in [0, 0.05) is 12.6 Å². The molecule has 1 aromatic rings. The Labute approximate surface area is 130 Å². The van der Waals surface area contributed by atoms with Crippen LogP contribution in [0.2, 0.25) is 0 Å². The molecule has 0 bridgehead atoms. The molecule has 2 unspecified atom stereocenters. The van der Waals surface area contributed by atoms with Crippen LogP contribution in [0.3, 0.4) is 0 Å². The van der Waals surface area contributed by atoms with Crippen molar-refractivity contribution in [1.29, 1.82) is 0 Å². The topological polar surface area (TPSA) is 32.3 Å². The third-order valence-corrected chi connectivity index (χ3v) is 3.99. The summed E-state index contributed by atoms with van der Waals surface area (Å²) in [6.45, 7) is 8.76. The van der Waals surface area contributed by atoms with Gasteiger partial charge in [-0.2, -0.15) is 0 Å². The molecule has 0 radical (unpaired) electrons. The molecule has 1 rings (SSSR count). The number of aliphatic hydroxyl groups excluding tert-OH is 1. The van der Waals surface area contributed by atoms with Crippen molar-refractivity contribution in [3.8, 4) is 0 Å². The summed E-state index contributed by atoms with van der Waals surface area (Å²) in [5.41, 5.74) is 2.37. The van der Waals surface area contributed by atoms with Crippen LogP contribution in [0.15, 0.2) is 36.9 Å². The molecule has 0 saturated heterocycles. The summed E-state index contributed by atoms with van der Waals surface area (Å²) in [5, 5.41) is 13.8. The Morgan fingerprint density at radius 3 is 2.43 bits per heavy atom. The molecular formula is C19H31NO. The van der Waals surface area contributed by atoms with Crippen LogP contribution in [-0.2, 0) is 6.42 Å². The molecule has 2 heteroatoms. The zero-order valence-corrected chi connectivity index (χ0v) is 13.6. The lowest BCUT2D eigenvalue weighted by atomic mass is 9.97. The number of hydrogen-bond donors (Lipinski definition) is 2. The monoisotopic (exact) mass is 289 g/mol. The lowest BCUT2D eigenvalue weighted by molar-refractivity contribution is 0.128. The number of aliphatic hydroxyl groups is 1. The normalized spacial score (nSPS) is 13.9. The van der Waals surface area contributed by atoms with Crippen LogP contribution >= 0.6 is 0 Å². The molecule has 0 aliphatic rings. The molecule has 0 aromatic heterocycles. The molecule has 0 aliphatic carbocycles. The van der Waals surface area contributed by atoms with Gasteiger partial charge < -0.3 is 10.4 Å². The first-order valence-corrected chi connectivity index (χ1v) is 8.34. The van der Waals surface area contributed by atoms with Gasteiger partial charge in [-0.3, -0.25) is 0 Å². The fourth-order valence-electron chi connectivity index (χ4n) is 2.58. The number of nitrogens with one attached hydrogen (secondary N) is 1. The second-order valence-electron chi connectivity index (χ2n) is 5.71. The first kappa shape index (κ1) is 17.9. The van der Waals surface area contributed by atoms with Crippen LogP contribution in [-0.4, -0.2) is 17.7 Å². The molecule has 0 saturated carbocycles. The average Bonchev–Trinajstić information content (AvgIpc) is 2.52. The van der Waals surface area contributed by atoms with Crippen molar-refractivity contribution >= 4 is 0 Å². The quantitative estimate of drug-likeness (QED) is 0.467. The number of benzene rings is 1. The van der Waals surface area contributed by atoms with Gasteiger partial charge in [-0.15, -0.1) is 6.58 Å². The van der Waals surface area contributed by atoms with E-state index < -0.39 is 6.10 Å². The van der Waals surface area contributed by atoms with Crippen LogP contribution in [0.1, 0.15) is 63.2 Å². The van der Waals surface area contributed by atoms with Crippen molar-refractivity contribution < 1.29 is 5.11 Å². The Bertz CT molecular complexity index is 385. The molecule has 0 heterocycles. The van der Waals surface area contributed by atoms with Crippen LogP contribution in [0.25, 0.3) is 0 Å². The number of unbranched alkanes of at least 4 members (excludes halogenated alkanes) is 3. The summed E-state index contributed by atoms with van der Waals surface area (Å²) in [7, 11) is 0. The molecule has 2 N–H and O–H groups in total. The molecule has 21 heavy (non-hydrogen) atoms. The maximum atomic E-state index is 10.4. The highest BCUT2D eigenvalue weighted by Crippen LogP contribution is 2.20. The first-order chi connectivity index (χ1) is 10.2. The van der Waals surface area contributed by atoms with E-state index in [1.807, 2.05) is 6.08 Å². The van der Waals surface area contributed by atoms with E-state index in [2.05, 4.69) is 50.0 Å². The minimum absolute atomic E-state index is 0.0819. The van der Waals surface area contributed by atoms with Crippen molar-refractivity contribution in [2.45, 2.75) is 64.5 Å². The van der Waals surface area contributed by atoms with Gasteiger partial charge in [0.25, 0.3) is 0 Å². The van der Waals surface area contributed by atoms with E-state index in [1.54, 1.807) is 0 Å². The van der Waals surface area contributed by atoms with Gasteiger partial charge in [0.1, 0.15) is 0 Å². The molecule has 1 aromatic carbocycles. The van der Waals surface area contributed by atoms with Crippen LogP contribution < -0.4 is 5.32 Å². The Hall–Kier alpha value is -1.12. The zero-order chi connectivity index (χ0) is 15.5. The van der Waals surface area contributed by atoms with Gasteiger partial charge >= 0.3 is 0 Å². The van der Waals surface area contributed by atoms with E-state index in [0.29, 0.717) is 0 Å². The predicted molar refractivity (Wildman–Crippen MR) is 91.5 cm³/mol. The molecule has 2 nitrogen and oxygen atoms in total. The van der Waals surface area contributed by atoms with Crippen LogP contribution in [0.5, 0.6) is 0 Å². The highest BCUT2D eigenvalue weighted by molar-refractivity contribution is 5.25. The maximum absolute atomic E-state index is 10.4. The zero-order valence-electron chi connectivity index (χ0n) is 13.6. The largest absolute Gasteiger partial charge is 0.387 e. The Kier molecular flexibility index (Phi) is 9.04. The number of aryl methyl sites for hydroxylation is 1. The van der Waals surface area contributed by atoms with E-state index in [9.17, 15) is 5.11 Å². The summed E-state index contributed by atoms with van der Waals surface area (Å²) < 4.78 is 0. The average molecular weight is 289 g/mol. The maximum Gasteiger partial charge on any atom is 0.0942 e. The summed E-state index contributed by atoms with van der Waals surface area (Å²) in [4.78, 5) is 0. The Morgan fingerprint density at radius 1 is 1.14 bits per heavy atom. The first-order valence-electron chi connectivity index (χ1n) is 8.34. The summed E-state index contributed by atoms with van der Waals surface area (Å²) in [6, 6.07) is 8.53. The highest BCUT2D eigenvalue weighted by atomic mass is 16.3. The lowest BCUT2D eigenvalue weighted by Gasteiger charge is -2.23. The molecule has 0 spiro atoms. The van der Waals surface area contributed by atoms with Crippen molar-refractivity contribution in [3.05, 3.63) is 48.0 Å². The van der Waals surface area contributed by atoms with Crippen molar-refractivity contribution in [1.82, 2.24) is 5.32 Å². The molecule has 0 aliphatic heterocycles. The highest BCUT2D eigenvalue weighted by Gasteiger charge is 2.17. The Morgan fingerprint density at radius 2 is 1.86 bits per heavy atom. The van der Waals surface area contributed by atoms with Gasteiger partial charge in [0.05, 0.1) is 6.10 Å². The summed E-state index contributed by atoms with van der Waals surface area (Å²) >= 11 is 0. The minimum Gasteiger partial charge on any atom is -0.387 e. The standard InChI is InChI=1S/C19H31NO/c1-4-7-8-9-10-16-11-13-17(14-12-16)19(21)18(6-3)20-15-5-2/h5,11-14,18-21H,2,4,6-10,15H2,1,3H3. The van der Waals surface area contributed by atoms with Crippen molar-refractivity contribution in [3.63, 3.8) is 0 Å². The fourth-order valence-corrected chi connectivity index (χ4v) is 2.58. The molecular weight excluding hydrogens is 258 g/mol. The third kappa shape index (κ3) is 6.45. The third-order valence-electron chi connectivity index (χ3n) is 3.99. The van der Waals surface area contributed by atoms with Gasteiger partial charge in [-0.1, -0.05) is 63.5 Å². The van der Waals surface area contributed by atoms with Gasteiger partial charge in [-0.25, -0.2) is 0 Å². The molecule has 2 atom stereocenters. The molecule has 0 amide bonds. The molecule has 118 valence electrons. The van der Waals surface area contributed by atoms with Crippen molar-refractivity contribution in [2.75, 3.05) is 6.54 Å². The second-order valence-corrected chi connectivity index (χ2v) is 5.71. The van der Waals surface area contributed by atoms with Gasteiger partial charge in [0.2, 0.25) is 0 Å². The smallest absolute Gasteiger partial charge is 0.0942 e. The Balaban J connectivity index is 2.53. The van der Waals surface area contributed by atoms with E-state index >= 15 is 0 Å². The van der Waals surface area contributed by atoms with E-state index in [4.69, 9.17) is 0 Å². The number of rotatable bonds is 11. The number of hydrogen-bond acceptors (Lipinski definition) is 2. The van der Waals surface area contributed by atoms with E-state index in [-0.39, 0.29) is 6.04 Å². The van der Waals surface area contributed by atoms with E-state index in [0.717, 1.165) is 24.9 Å². The molecule has 0 fully saturated rings. The van der Waals surface area contributed by atoms with Gasteiger partial charge in [-0.05, 0) is 30.4 Å². The second kappa shape index (κ2) is 10.6. The van der Waals surface area contributed by atoms with Crippen LogP contribution in [0.4, 0.5) is 0 Å². The minimum atomic E-state index is -0.455. The SMILES string of the molecule is C=CCNC(CC)C(O)c1ccc(CCCCCC)cc1. The van der Waals surface area contributed by atoms with Crippen molar-refractivity contribution in [2.24, 2.45) is 0 Å². The predicted octanol–water partition coefficient (Wildman–Crippen LogP) is 4.40.